The molecule has 14 heavy (non-hydrogen) atoms. The van der Waals surface area contributed by atoms with Gasteiger partial charge >= 0.3 is 0 Å². The summed E-state index contributed by atoms with van der Waals surface area (Å²) < 4.78 is 0. The first-order chi connectivity index (χ1) is 6.68. The molecular formula is C12H16N2. The van der Waals surface area contributed by atoms with Gasteiger partial charge < -0.3 is 10.7 Å². The van der Waals surface area contributed by atoms with Crippen LogP contribution < -0.4 is 5.73 Å². The van der Waals surface area contributed by atoms with Gasteiger partial charge in [-0.3, -0.25) is 0 Å². The van der Waals surface area contributed by atoms with Crippen molar-refractivity contribution in [3.8, 4) is 0 Å². The first-order valence-corrected chi connectivity index (χ1v) is 5.01. The molecule has 1 heterocycles. The molecule has 1 unspecified atom stereocenters. The Morgan fingerprint density at radius 1 is 1.21 bits per heavy atom. The molecule has 1 atom stereocenters. The Bertz CT molecular complexity index is 429. The summed E-state index contributed by atoms with van der Waals surface area (Å²) in [6.07, 6.45) is 1.95. The number of H-pyrrole nitrogens is 1. The van der Waals surface area contributed by atoms with Gasteiger partial charge in [-0.25, -0.2) is 0 Å². The first kappa shape index (κ1) is 9.28. The Labute approximate surface area is 84.1 Å². The number of rotatable bonds is 2. The fourth-order valence-electron chi connectivity index (χ4n) is 1.66. The topological polar surface area (TPSA) is 41.8 Å². The van der Waals surface area contributed by atoms with E-state index in [2.05, 4.69) is 43.1 Å². The van der Waals surface area contributed by atoms with Crippen molar-refractivity contribution < 1.29 is 0 Å². The van der Waals surface area contributed by atoms with Crippen LogP contribution in [0.4, 0.5) is 0 Å². The number of aromatic nitrogens is 1. The lowest BCUT2D eigenvalue weighted by Crippen LogP contribution is -2.16. The molecule has 0 radical (unpaired) electrons. The monoisotopic (exact) mass is 188 g/mol. The number of aromatic amines is 1. The molecule has 2 heteroatoms. The largest absolute Gasteiger partial charge is 0.361 e. The average molecular weight is 188 g/mol. The van der Waals surface area contributed by atoms with Crippen LogP contribution in [-0.2, 0) is 0 Å². The molecule has 0 spiro atoms. The molecule has 2 aromatic rings. The van der Waals surface area contributed by atoms with E-state index in [9.17, 15) is 0 Å². The molecule has 1 aromatic carbocycles. The van der Waals surface area contributed by atoms with Gasteiger partial charge in [0.05, 0.1) is 0 Å². The molecule has 0 amide bonds. The van der Waals surface area contributed by atoms with E-state index in [1.807, 2.05) is 6.20 Å². The highest BCUT2D eigenvalue weighted by Crippen LogP contribution is 2.22. The minimum atomic E-state index is 0.134. The molecular weight excluding hydrogens is 172 g/mol. The van der Waals surface area contributed by atoms with Gasteiger partial charge in [-0.05, 0) is 35.1 Å². The lowest BCUT2D eigenvalue weighted by atomic mass is 9.96. The van der Waals surface area contributed by atoms with Gasteiger partial charge in [0.2, 0.25) is 0 Å². The third-order valence-electron chi connectivity index (χ3n) is 2.68. The molecule has 0 aliphatic heterocycles. The Hall–Kier alpha value is -1.28. The van der Waals surface area contributed by atoms with E-state index in [0.29, 0.717) is 5.92 Å². The SMILES string of the molecule is CC(C)C(N)c1ccc2[nH]ccc2c1. The molecule has 0 bridgehead atoms. The van der Waals surface area contributed by atoms with Gasteiger partial charge in [0.25, 0.3) is 0 Å². The standard InChI is InChI=1S/C12H16N2/c1-8(2)12(13)10-3-4-11-9(7-10)5-6-14-11/h3-8,12,14H,13H2,1-2H3. The van der Waals surface area contributed by atoms with E-state index in [-0.39, 0.29) is 6.04 Å². The maximum absolute atomic E-state index is 6.09. The van der Waals surface area contributed by atoms with Crippen LogP contribution in [0.1, 0.15) is 25.5 Å². The van der Waals surface area contributed by atoms with Crippen molar-refractivity contribution >= 4 is 10.9 Å². The maximum Gasteiger partial charge on any atom is 0.0454 e. The molecule has 0 saturated heterocycles. The Morgan fingerprint density at radius 3 is 2.71 bits per heavy atom. The molecule has 0 fully saturated rings. The summed E-state index contributed by atoms with van der Waals surface area (Å²) in [5.41, 5.74) is 8.47. The predicted molar refractivity (Wildman–Crippen MR) is 60.1 cm³/mol. The summed E-state index contributed by atoms with van der Waals surface area (Å²) in [6, 6.07) is 8.56. The van der Waals surface area contributed by atoms with Crippen molar-refractivity contribution in [3.05, 3.63) is 36.0 Å². The average Bonchev–Trinajstić information content (AvgIpc) is 2.62. The second-order valence-corrected chi connectivity index (χ2v) is 4.09. The van der Waals surface area contributed by atoms with Crippen molar-refractivity contribution in [1.29, 1.82) is 0 Å². The van der Waals surface area contributed by atoms with Crippen LogP contribution in [0.15, 0.2) is 30.5 Å². The van der Waals surface area contributed by atoms with Gasteiger partial charge in [-0.2, -0.15) is 0 Å². The fourth-order valence-corrected chi connectivity index (χ4v) is 1.66. The fraction of sp³-hybridized carbons (Fsp3) is 0.333. The zero-order chi connectivity index (χ0) is 10.1. The number of fused-ring (bicyclic) bond motifs is 1. The van der Waals surface area contributed by atoms with Gasteiger partial charge in [-0.1, -0.05) is 19.9 Å². The zero-order valence-electron chi connectivity index (χ0n) is 8.62. The quantitative estimate of drug-likeness (QED) is 0.747. The smallest absolute Gasteiger partial charge is 0.0454 e. The third kappa shape index (κ3) is 1.53. The molecule has 0 aliphatic carbocycles. The molecule has 0 saturated carbocycles. The highest BCUT2D eigenvalue weighted by Gasteiger charge is 2.10. The summed E-state index contributed by atoms with van der Waals surface area (Å²) >= 11 is 0. The zero-order valence-corrected chi connectivity index (χ0v) is 8.62. The number of hydrogen-bond acceptors (Lipinski definition) is 1. The lowest BCUT2D eigenvalue weighted by Gasteiger charge is -2.15. The van der Waals surface area contributed by atoms with Gasteiger partial charge in [0, 0.05) is 17.8 Å². The van der Waals surface area contributed by atoms with Crippen LogP contribution in [0.25, 0.3) is 10.9 Å². The molecule has 1 aromatic heterocycles. The summed E-state index contributed by atoms with van der Waals surface area (Å²) in [5.74, 6) is 0.478. The maximum atomic E-state index is 6.09. The van der Waals surface area contributed by atoms with Crippen LogP contribution in [0.3, 0.4) is 0 Å². The number of nitrogens with two attached hydrogens (primary N) is 1. The van der Waals surface area contributed by atoms with Crippen LogP contribution in [0.5, 0.6) is 0 Å². The number of nitrogens with one attached hydrogen (secondary N) is 1. The minimum absolute atomic E-state index is 0.134. The molecule has 2 rings (SSSR count). The van der Waals surface area contributed by atoms with E-state index < -0.39 is 0 Å². The van der Waals surface area contributed by atoms with E-state index in [0.717, 1.165) is 0 Å². The minimum Gasteiger partial charge on any atom is -0.361 e. The summed E-state index contributed by atoms with van der Waals surface area (Å²) in [7, 11) is 0. The van der Waals surface area contributed by atoms with E-state index in [1.165, 1.54) is 16.5 Å². The summed E-state index contributed by atoms with van der Waals surface area (Å²) in [6.45, 7) is 4.29. The van der Waals surface area contributed by atoms with Crippen LogP contribution in [0, 0.1) is 5.92 Å². The molecule has 2 nitrogen and oxygen atoms in total. The summed E-state index contributed by atoms with van der Waals surface area (Å²) in [4.78, 5) is 3.17. The normalized spacial score (nSPS) is 13.7. The highest BCUT2D eigenvalue weighted by atomic mass is 14.7. The van der Waals surface area contributed by atoms with E-state index >= 15 is 0 Å². The highest BCUT2D eigenvalue weighted by molar-refractivity contribution is 5.80. The Balaban J connectivity index is 2.43. The van der Waals surface area contributed by atoms with Crippen molar-refractivity contribution in [2.45, 2.75) is 19.9 Å². The van der Waals surface area contributed by atoms with Crippen LogP contribution in [0.2, 0.25) is 0 Å². The Kier molecular flexibility index (Phi) is 2.30. The van der Waals surface area contributed by atoms with Crippen molar-refractivity contribution in [2.75, 3.05) is 0 Å². The first-order valence-electron chi connectivity index (χ1n) is 5.01. The van der Waals surface area contributed by atoms with Crippen molar-refractivity contribution in [3.63, 3.8) is 0 Å². The van der Waals surface area contributed by atoms with Gasteiger partial charge in [0.15, 0.2) is 0 Å². The number of benzene rings is 1. The van der Waals surface area contributed by atoms with Crippen LogP contribution >= 0.6 is 0 Å². The molecule has 0 aliphatic rings. The van der Waals surface area contributed by atoms with Crippen molar-refractivity contribution in [1.82, 2.24) is 4.98 Å². The molecule has 74 valence electrons. The lowest BCUT2D eigenvalue weighted by molar-refractivity contribution is 0.515. The van der Waals surface area contributed by atoms with E-state index in [4.69, 9.17) is 5.73 Å². The Morgan fingerprint density at radius 2 is 2.00 bits per heavy atom. The second kappa shape index (κ2) is 3.46. The number of hydrogen-bond donors (Lipinski definition) is 2. The van der Waals surface area contributed by atoms with E-state index in [1.54, 1.807) is 0 Å². The molecule has 3 N–H and O–H groups in total. The third-order valence-corrected chi connectivity index (χ3v) is 2.68. The second-order valence-electron chi connectivity index (χ2n) is 4.09. The summed E-state index contributed by atoms with van der Waals surface area (Å²) in [5, 5.41) is 1.23. The predicted octanol–water partition coefficient (Wildman–Crippen LogP) is 2.82. The van der Waals surface area contributed by atoms with Gasteiger partial charge in [0.1, 0.15) is 0 Å². The van der Waals surface area contributed by atoms with Crippen molar-refractivity contribution in [2.24, 2.45) is 11.7 Å². The van der Waals surface area contributed by atoms with Gasteiger partial charge in [-0.15, -0.1) is 0 Å². The van der Waals surface area contributed by atoms with Crippen LogP contribution in [-0.4, -0.2) is 4.98 Å².